The Balaban J connectivity index is 2.70. The summed E-state index contributed by atoms with van der Waals surface area (Å²) < 4.78 is 22.9. The highest BCUT2D eigenvalue weighted by Gasteiger charge is 2.32. The zero-order chi connectivity index (χ0) is 10.8. The Morgan fingerprint density at radius 1 is 1.29 bits per heavy atom. The van der Waals surface area contributed by atoms with Crippen molar-refractivity contribution in [3.63, 3.8) is 0 Å². The van der Waals surface area contributed by atoms with Crippen LogP contribution in [0.5, 0.6) is 0 Å². The summed E-state index contributed by atoms with van der Waals surface area (Å²) in [6, 6.07) is 0.132. The molecule has 1 aliphatic rings. The quantitative estimate of drug-likeness (QED) is 0.773. The first-order valence-corrected chi connectivity index (χ1v) is 7.28. The molecule has 0 bridgehead atoms. The lowest BCUT2D eigenvalue weighted by atomic mass is 9.96. The molecule has 4 heteroatoms. The van der Waals surface area contributed by atoms with Gasteiger partial charge in [-0.1, -0.05) is 12.8 Å². The molecule has 0 aromatic rings. The summed E-state index contributed by atoms with van der Waals surface area (Å²) in [5, 5.41) is 2.90. The van der Waals surface area contributed by atoms with Crippen molar-refractivity contribution in [3.8, 4) is 0 Å². The molecule has 84 valence electrons. The normalized spacial score (nSPS) is 23.6. The fourth-order valence-electron chi connectivity index (χ4n) is 2.44. The maximum absolute atomic E-state index is 11.4. The van der Waals surface area contributed by atoms with Crippen molar-refractivity contribution in [1.82, 2.24) is 5.32 Å². The first-order valence-electron chi connectivity index (χ1n) is 5.33. The molecule has 0 spiro atoms. The first-order chi connectivity index (χ1) is 6.46. The van der Waals surface area contributed by atoms with Crippen LogP contribution in [0, 0.1) is 5.92 Å². The Bertz CT molecular complexity index is 268. The third kappa shape index (κ3) is 2.70. The summed E-state index contributed by atoms with van der Waals surface area (Å²) in [5.41, 5.74) is 0. The van der Waals surface area contributed by atoms with Gasteiger partial charge in [-0.3, -0.25) is 0 Å². The second-order valence-electron chi connectivity index (χ2n) is 4.39. The van der Waals surface area contributed by atoms with Crippen LogP contribution in [0.4, 0.5) is 0 Å². The van der Waals surface area contributed by atoms with E-state index < -0.39 is 9.84 Å². The van der Waals surface area contributed by atoms with E-state index in [4.69, 9.17) is 0 Å². The summed E-state index contributed by atoms with van der Waals surface area (Å²) >= 11 is 0. The van der Waals surface area contributed by atoms with Crippen LogP contribution >= 0.6 is 0 Å². The highest BCUT2D eigenvalue weighted by atomic mass is 32.2. The summed E-state index contributed by atoms with van der Waals surface area (Å²) in [4.78, 5) is 0. The van der Waals surface area contributed by atoms with Gasteiger partial charge in [-0.05, 0) is 32.7 Å². The van der Waals surface area contributed by atoms with Gasteiger partial charge in [0, 0.05) is 12.3 Å². The molecule has 1 saturated carbocycles. The van der Waals surface area contributed by atoms with Gasteiger partial charge in [0.25, 0.3) is 0 Å². The molecule has 0 heterocycles. The molecule has 0 aromatic carbocycles. The molecule has 0 aromatic heterocycles. The smallest absolute Gasteiger partial charge is 0.151 e. The molecule has 0 radical (unpaired) electrons. The minimum absolute atomic E-state index is 0.132. The first kappa shape index (κ1) is 12.0. The minimum Gasteiger partial charge on any atom is -0.315 e. The van der Waals surface area contributed by atoms with E-state index in [2.05, 4.69) is 5.32 Å². The van der Waals surface area contributed by atoms with E-state index in [-0.39, 0.29) is 11.3 Å². The average Bonchev–Trinajstić information content (AvgIpc) is 2.57. The Labute approximate surface area is 87.2 Å². The van der Waals surface area contributed by atoms with Crippen LogP contribution < -0.4 is 5.32 Å². The van der Waals surface area contributed by atoms with Gasteiger partial charge in [0.2, 0.25) is 0 Å². The second-order valence-corrected chi connectivity index (χ2v) is 6.80. The lowest BCUT2D eigenvalue weighted by Crippen LogP contribution is -2.44. The molecule has 1 N–H and O–H groups in total. The van der Waals surface area contributed by atoms with E-state index in [1.165, 1.54) is 31.9 Å². The topological polar surface area (TPSA) is 46.2 Å². The van der Waals surface area contributed by atoms with Crippen LogP contribution in [0.15, 0.2) is 0 Å². The molecular formula is C10H21NO2S. The van der Waals surface area contributed by atoms with Crippen molar-refractivity contribution >= 4 is 9.84 Å². The number of nitrogens with one attached hydrogen (secondary N) is 1. The number of hydrogen-bond donors (Lipinski definition) is 1. The highest BCUT2D eigenvalue weighted by Crippen LogP contribution is 2.30. The molecule has 1 aliphatic carbocycles. The maximum Gasteiger partial charge on any atom is 0.151 e. The summed E-state index contributed by atoms with van der Waals surface area (Å²) in [6.07, 6.45) is 6.17. The zero-order valence-corrected chi connectivity index (χ0v) is 10.1. The molecule has 1 rings (SSSR count). The molecular weight excluding hydrogens is 198 g/mol. The zero-order valence-electron chi connectivity index (χ0n) is 9.29. The molecule has 0 amide bonds. The molecule has 14 heavy (non-hydrogen) atoms. The highest BCUT2D eigenvalue weighted by molar-refractivity contribution is 7.91. The molecule has 3 nitrogen and oxygen atoms in total. The van der Waals surface area contributed by atoms with Gasteiger partial charge in [0.15, 0.2) is 9.84 Å². The van der Waals surface area contributed by atoms with Gasteiger partial charge in [0.1, 0.15) is 0 Å². The van der Waals surface area contributed by atoms with Crippen LogP contribution in [-0.2, 0) is 9.84 Å². The van der Waals surface area contributed by atoms with E-state index in [9.17, 15) is 8.42 Å². The van der Waals surface area contributed by atoms with Crippen molar-refractivity contribution < 1.29 is 8.42 Å². The molecule has 1 fully saturated rings. The molecule has 0 aliphatic heterocycles. The largest absolute Gasteiger partial charge is 0.315 e. The van der Waals surface area contributed by atoms with E-state index in [0.717, 1.165) is 0 Å². The molecule has 0 saturated heterocycles. The summed E-state index contributed by atoms with van der Waals surface area (Å²) in [5.74, 6) is 0.546. The van der Waals surface area contributed by atoms with Crippen LogP contribution in [0.3, 0.4) is 0 Å². The maximum atomic E-state index is 11.4. The average molecular weight is 219 g/mol. The van der Waals surface area contributed by atoms with Crippen molar-refractivity contribution in [2.24, 2.45) is 5.92 Å². The van der Waals surface area contributed by atoms with Crippen LogP contribution in [0.25, 0.3) is 0 Å². The third-order valence-electron chi connectivity index (χ3n) is 3.42. The number of rotatable bonds is 4. The lowest BCUT2D eigenvalue weighted by Gasteiger charge is -2.27. The standard InChI is InChI=1S/C10H21NO2S/c1-8(14(3,12)13)10(11-2)9-6-4-5-7-9/h8-11H,4-7H2,1-3H3. The van der Waals surface area contributed by atoms with E-state index in [0.29, 0.717) is 5.92 Å². The van der Waals surface area contributed by atoms with Gasteiger partial charge in [-0.25, -0.2) is 8.42 Å². The van der Waals surface area contributed by atoms with E-state index in [1.54, 1.807) is 0 Å². The third-order valence-corrected chi connectivity index (χ3v) is 5.07. The van der Waals surface area contributed by atoms with Crippen molar-refractivity contribution in [2.45, 2.75) is 43.9 Å². The Morgan fingerprint density at radius 3 is 2.14 bits per heavy atom. The SMILES string of the molecule is CNC(C1CCCC1)C(C)S(C)(=O)=O. The van der Waals surface area contributed by atoms with Gasteiger partial charge < -0.3 is 5.32 Å². The predicted molar refractivity (Wildman–Crippen MR) is 59.1 cm³/mol. The van der Waals surface area contributed by atoms with Gasteiger partial charge in [0.05, 0.1) is 5.25 Å². The number of hydrogen-bond acceptors (Lipinski definition) is 3. The Morgan fingerprint density at radius 2 is 1.79 bits per heavy atom. The molecule has 2 unspecified atom stereocenters. The fraction of sp³-hybridized carbons (Fsp3) is 1.00. The van der Waals surface area contributed by atoms with Crippen LogP contribution in [0.1, 0.15) is 32.6 Å². The van der Waals surface area contributed by atoms with Crippen molar-refractivity contribution in [2.75, 3.05) is 13.3 Å². The van der Waals surface area contributed by atoms with Gasteiger partial charge in [-0.2, -0.15) is 0 Å². The summed E-state index contributed by atoms with van der Waals surface area (Å²) in [7, 11) is -1.05. The second kappa shape index (κ2) is 4.62. The number of sulfone groups is 1. The summed E-state index contributed by atoms with van der Waals surface area (Å²) in [6.45, 7) is 1.81. The fourth-order valence-corrected chi connectivity index (χ4v) is 3.33. The van der Waals surface area contributed by atoms with Gasteiger partial charge in [-0.15, -0.1) is 0 Å². The van der Waals surface area contributed by atoms with Crippen LogP contribution in [0.2, 0.25) is 0 Å². The monoisotopic (exact) mass is 219 g/mol. The predicted octanol–water partition coefficient (Wildman–Crippen LogP) is 1.20. The van der Waals surface area contributed by atoms with Crippen molar-refractivity contribution in [3.05, 3.63) is 0 Å². The van der Waals surface area contributed by atoms with Crippen LogP contribution in [-0.4, -0.2) is 33.0 Å². The minimum atomic E-state index is -2.91. The van der Waals surface area contributed by atoms with E-state index >= 15 is 0 Å². The van der Waals surface area contributed by atoms with Crippen molar-refractivity contribution in [1.29, 1.82) is 0 Å². The Hall–Kier alpha value is -0.0900. The van der Waals surface area contributed by atoms with E-state index in [1.807, 2.05) is 14.0 Å². The molecule has 2 atom stereocenters. The lowest BCUT2D eigenvalue weighted by molar-refractivity contribution is 0.369. The van der Waals surface area contributed by atoms with Gasteiger partial charge >= 0.3 is 0 Å². The Kier molecular flexibility index (Phi) is 3.95.